The highest BCUT2D eigenvalue weighted by molar-refractivity contribution is 6.35. The lowest BCUT2D eigenvalue weighted by Gasteiger charge is -2.37. The van der Waals surface area contributed by atoms with E-state index in [-0.39, 0.29) is 12.0 Å². The smallest absolute Gasteiger partial charge is 0.307 e. The van der Waals surface area contributed by atoms with Gasteiger partial charge >= 0.3 is 5.97 Å². The molecule has 2 atom stereocenters. The number of unbranched alkanes of at least 4 members (excludes halogenated alkanes) is 1. The van der Waals surface area contributed by atoms with Crippen molar-refractivity contribution in [2.45, 2.75) is 45.1 Å². The fourth-order valence-corrected chi connectivity index (χ4v) is 3.73. The van der Waals surface area contributed by atoms with Crippen molar-refractivity contribution in [1.82, 2.24) is 4.90 Å². The number of benzene rings is 1. The minimum Gasteiger partial charge on any atom is -0.481 e. The van der Waals surface area contributed by atoms with Gasteiger partial charge in [-0.05, 0) is 43.5 Å². The van der Waals surface area contributed by atoms with Gasteiger partial charge in [-0.25, -0.2) is 0 Å². The lowest BCUT2D eigenvalue weighted by atomic mass is 9.92. The van der Waals surface area contributed by atoms with Crippen molar-refractivity contribution < 1.29 is 9.90 Å². The average Bonchev–Trinajstić information content (AvgIpc) is 2.49. The Kier molecular flexibility index (Phi) is 6.54. The van der Waals surface area contributed by atoms with Crippen LogP contribution in [0.15, 0.2) is 18.2 Å². The van der Waals surface area contributed by atoms with Crippen LogP contribution in [0.5, 0.6) is 0 Å². The Morgan fingerprint density at radius 3 is 2.86 bits per heavy atom. The number of nitrogens with zero attached hydrogens (tertiary/aromatic N) is 1. The molecule has 2 rings (SSSR count). The van der Waals surface area contributed by atoms with Crippen molar-refractivity contribution in [2.24, 2.45) is 5.92 Å². The number of hydrogen-bond acceptors (Lipinski definition) is 2. The van der Waals surface area contributed by atoms with Crippen LogP contribution < -0.4 is 0 Å². The van der Waals surface area contributed by atoms with Crippen molar-refractivity contribution >= 4 is 29.2 Å². The Labute approximate surface area is 142 Å². The van der Waals surface area contributed by atoms with Gasteiger partial charge in [-0.2, -0.15) is 0 Å². The quantitative estimate of drug-likeness (QED) is 0.788. The van der Waals surface area contributed by atoms with E-state index in [0.717, 1.165) is 44.2 Å². The zero-order valence-electron chi connectivity index (χ0n) is 12.9. The number of halogens is 2. The van der Waals surface area contributed by atoms with E-state index >= 15 is 0 Å². The molecular weight excluding hydrogens is 321 g/mol. The number of carboxylic acid groups (broad SMARTS) is 1. The van der Waals surface area contributed by atoms with Crippen molar-refractivity contribution in [2.75, 3.05) is 13.1 Å². The normalized spacial score (nSPS) is 20.8. The van der Waals surface area contributed by atoms with Gasteiger partial charge in [-0.3, -0.25) is 9.69 Å². The summed E-state index contributed by atoms with van der Waals surface area (Å²) < 4.78 is 0. The maximum atomic E-state index is 11.3. The van der Waals surface area contributed by atoms with Crippen LogP contribution in [0.3, 0.4) is 0 Å². The molecule has 1 aliphatic heterocycles. The summed E-state index contributed by atoms with van der Waals surface area (Å²) in [4.78, 5) is 13.6. The summed E-state index contributed by atoms with van der Waals surface area (Å²) in [5.74, 6) is -0.968. The monoisotopic (exact) mass is 343 g/mol. The summed E-state index contributed by atoms with van der Waals surface area (Å²) in [6.07, 6.45) is 4.88. The first kappa shape index (κ1) is 17.6. The number of likely N-dealkylation sites (tertiary alicyclic amines) is 1. The summed E-state index contributed by atoms with van der Waals surface area (Å²) >= 11 is 12.4. The van der Waals surface area contributed by atoms with Gasteiger partial charge in [0, 0.05) is 22.6 Å². The Morgan fingerprint density at radius 2 is 2.23 bits per heavy atom. The fourth-order valence-electron chi connectivity index (χ4n) is 3.20. The van der Waals surface area contributed by atoms with Crippen molar-refractivity contribution in [3.05, 3.63) is 33.8 Å². The Bertz CT molecular complexity index is 521. The summed E-state index contributed by atoms with van der Waals surface area (Å²) in [5.41, 5.74) is 1.06. The molecule has 22 heavy (non-hydrogen) atoms. The first-order valence-corrected chi connectivity index (χ1v) is 8.70. The van der Waals surface area contributed by atoms with Crippen molar-refractivity contribution in [3.63, 3.8) is 0 Å². The number of carboxylic acids is 1. The molecule has 0 bridgehead atoms. The predicted octanol–water partition coefficient (Wildman–Crippen LogP) is 5.02. The molecule has 5 heteroatoms. The van der Waals surface area contributed by atoms with E-state index in [9.17, 15) is 9.90 Å². The number of carbonyl (C=O) groups is 1. The van der Waals surface area contributed by atoms with Crippen LogP contribution in [0, 0.1) is 5.92 Å². The third-order valence-corrected chi connectivity index (χ3v) is 4.96. The minimum atomic E-state index is -0.693. The van der Waals surface area contributed by atoms with Crippen molar-refractivity contribution in [3.8, 4) is 0 Å². The highest BCUT2D eigenvalue weighted by Crippen LogP contribution is 2.35. The zero-order valence-corrected chi connectivity index (χ0v) is 14.4. The van der Waals surface area contributed by atoms with E-state index in [1.807, 2.05) is 12.1 Å². The van der Waals surface area contributed by atoms with E-state index in [1.54, 1.807) is 6.07 Å². The first-order valence-electron chi connectivity index (χ1n) is 7.94. The number of piperidine rings is 1. The fraction of sp³-hybridized carbons (Fsp3) is 0.588. The Balaban J connectivity index is 2.23. The van der Waals surface area contributed by atoms with Crippen LogP contribution in [0.4, 0.5) is 0 Å². The predicted molar refractivity (Wildman–Crippen MR) is 90.7 cm³/mol. The molecule has 0 radical (unpaired) electrons. The summed E-state index contributed by atoms with van der Waals surface area (Å²) in [7, 11) is 0. The number of rotatable bonds is 6. The molecule has 1 N–H and O–H groups in total. The molecule has 0 aliphatic carbocycles. The maximum absolute atomic E-state index is 11.3. The van der Waals surface area contributed by atoms with E-state index in [2.05, 4.69) is 11.8 Å². The summed E-state index contributed by atoms with van der Waals surface area (Å²) in [6, 6.07) is 5.79. The van der Waals surface area contributed by atoms with E-state index in [0.29, 0.717) is 16.6 Å². The van der Waals surface area contributed by atoms with Crippen LogP contribution in [0.1, 0.15) is 50.6 Å². The molecule has 1 aliphatic rings. The van der Waals surface area contributed by atoms with E-state index in [1.165, 1.54) is 0 Å². The van der Waals surface area contributed by atoms with Gasteiger partial charge < -0.3 is 5.11 Å². The second-order valence-corrected chi connectivity index (χ2v) is 6.84. The molecule has 122 valence electrons. The molecule has 1 heterocycles. The van der Waals surface area contributed by atoms with E-state index < -0.39 is 5.97 Å². The topological polar surface area (TPSA) is 40.5 Å². The molecule has 0 amide bonds. The molecular formula is C17H23Cl2NO2. The largest absolute Gasteiger partial charge is 0.481 e. The van der Waals surface area contributed by atoms with Crippen LogP contribution >= 0.6 is 23.2 Å². The molecule has 0 aromatic heterocycles. The van der Waals surface area contributed by atoms with Crippen LogP contribution in [-0.4, -0.2) is 29.1 Å². The third kappa shape index (κ3) is 4.37. The minimum absolute atomic E-state index is 0.173. The molecule has 0 saturated carbocycles. The van der Waals surface area contributed by atoms with E-state index in [4.69, 9.17) is 23.2 Å². The third-order valence-electron chi connectivity index (χ3n) is 4.40. The maximum Gasteiger partial charge on any atom is 0.307 e. The van der Waals surface area contributed by atoms with Gasteiger partial charge in [0.05, 0.1) is 5.92 Å². The molecule has 3 nitrogen and oxygen atoms in total. The summed E-state index contributed by atoms with van der Waals surface area (Å²) in [6.45, 7) is 3.69. The Morgan fingerprint density at radius 1 is 1.45 bits per heavy atom. The lowest BCUT2D eigenvalue weighted by Crippen LogP contribution is -2.41. The highest BCUT2D eigenvalue weighted by Gasteiger charge is 2.30. The average molecular weight is 344 g/mol. The molecule has 1 aromatic carbocycles. The van der Waals surface area contributed by atoms with Crippen molar-refractivity contribution in [1.29, 1.82) is 0 Å². The van der Waals surface area contributed by atoms with Gasteiger partial charge in [0.25, 0.3) is 0 Å². The second-order valence-electron chi connectivity index (χ2n) is 6.00. The second kappa shape index (κ2) is 8.19. The molecule has 1 fully saturated rings. The SMILES string of the molecule is CCCCC(c1ccc(Cl)cc1Cl)N1CCCC(C(=O)O)C1. The molecule has 1 aromatic rings. The lowest BCUT2D eigenvalue weighted by molar-refractivity contribution is -0.144. The number of hydrogen-bond donors (Lipinski definition) is 1. The number of aliphatic carboxylic acids is 1. The van der Waals surface area contributed by atoms with Crippen LogP contribution in [0.2, 0.25) is 10.0 Å². The zero-order chi connectivity index (χ0) is 16.1. The van der Waals surface area contributed by atoms with Crippen LogP contribution in [-0.2, 0) is 4.79 Å². The molecule has 0 spiro atoms. The Hall–Kier alpha value is -0.770. The van der Waals surface area contributed by atoms with Crippen LogP contribution in [0.25, 0.3) is 0 Å². The van der Waals surface area contributed by atoms with Gasteiger partial charge in [0.2, 0.25) is 0 Å². The van der Waals surface area contributed by atoms with Gasteiger partial charge in [0.15, 0.2) is 0 Å². The van der Waals surface area contributed by atoms with Gasteiger partial charge in [-0.1, -0.05) is 49.0 Å². The van der Waals surface area contributed by atoms with Gasteiger partial charge in [-0.15, -0.1) is 0 Å². The summed E-state index contributed by atoms with van der Waals surface area (Å²) in [5, 5.41) is 10.6. The molecule has 1 saturated heterocycles. The highest BCUT2D eigenvalue weighted by atomic mass is 35.5. The molecule has 2 unspecified atom stereocenters. The van der Waals surface area contributed by atoms with Gasteiger partial charge in [0.1, 0.15) is 0 Å². The first-order chi connectivity index (χ1) is 10.5. The standard InChI is InChI=1S/C17H23Cl2NO2/c1-2-3-6-16(14-8-7-13(18)10-15(14)19)20-9-4-5-12(11-20)17(21)22/h7-8,10,12,16H,2-6,9,11H2,1H3,(H,21,22).